The minimum Gasteiger partial charge on any atom is -0.349 e. The highest BCUT2D eigenvalue weighted by atomic mass is 35.5. The van der Waals surface area contributed by atoms with Gasteiger partial charge in [-0.15, -0.1) is 11.3 Å². The summed E-state index contributed by atoms with van der Waals surface area (Å²) in [4.78, 5) is 15.4. The fourth-order valence-corrected chi connectivity index (χ4v) is 4.81. The van der Waals surface area contributed by atoms with Crippen molar-refractivity contribution in [1.82, 2.24) is 24.8 Å². The van der Waals surface area contributed by atoms with E-state index in [4.69, 9.17) is 21.6 Å². The van der Waals surface area contributed by atoms with E-state index in [1.807, 2.05) is 24.3 Å². The average Bonchev–Trinajstić information content (AvgIpc) is 3.42. The molecule has 4 heterocycles. The maximum atomic E-state index is 6.53. The van der Waals surface area contributed by atoms with Gasteiger partial charge in [-0.2, -0.15) is 4.98 Å². The predicted molar refractivity (Wildman–Crippen MR) is 123 cm³/mol. The lowest BCUT2D eigenvalue weighted by atomic mass is 9.99. The van der Waals surface area contributed by atoms with Crippen molar-refractivity contribution >= 4 is 40.0 Å². The van der Waals surface area contributed by atoms with E-state index in [1.165, 1.54) is 17.7 Å². The summed E-state index contributed by atoms with van der Waals surface area (Å²) in [5, 5.41) is 9.62. The van der Waals surface area contributed by atoms with Gasteiger partial charge in [0.2, 0.25) is 5.95 Å². The van der Waals surface area contributed by atoms with Gasteiger partial charge in [0.05, 0.1) is 17.8 Å². The Balaban J connectivity index is 1.54. The summed E-state index contributed by atoms with van der Waals surface area (Å²) < 4.78 is 2.21. The highest BCUT2D eigenvalue weighted by Gasteiger charge is 2.21. The summed E-state index contributed by atoms with van der Waals surface area (Å²) in [6, 6.07) is 12.0. The monoisotopic (exact) mass is 438 g/mol. The molecular formula is C22H23ClN6S. The summed E-state index contributed by atoms with van der Waals surface area (Å²) in [6.07, 6.45) is 4.19. The number of hydrogen-bond donors (Lipinski definition) is 2. The van der Waals surface area contributed by atoms with Crippen molar-refractivity contribution in [3.8, 4) is 11.4 Å². The molecule has 8 heteroatoms. The first-order valence-corrected chi connectivity index (χ1v) is 11.5. The predicted octanol–water partition coefficient (Wildman–Crippen LogP) is 4.82. The van der Waals surface area contributed by atoms with Crippen molar-refractivity contribution in [3.05, 3.63) is 57.9 Å². The van der Waals surface area contributed by atoms with Gasteiger partial charge in [0.25, 0.3) is 0 Å². The Labute approximate surface area is 184 Å². The summed E-state index contributed by atoms with van der Waals surface area (Å²) >= 11 is 8.24. The average molecular weight is 439 g/mol. The van der Waals surface area contributed by atoms with Gasteiger partial charge in [0, 0.05) is 17.0 Å². The van der Waals surface area contributed by atoms with Gasteiger partial charge < -0.3 is 15.2 Å². The second kappa shape index (κ2) is 8.71. The summed E-state index contributed by atoms with van der Waals surface area (Å²) in [5.74, 6) is 2.00. The first-order valence-electron chi connectivity index (χ1n) is 10.2. The highest BCUT2D eigenvalue weighted by molar-refractivity contribution is 7.09. The number of imidazole rings is 1. The maximum Gasteiger partial charge on any atom is 0.225 e. The molecule has 0 bridgehead atoms. The van der Waals surface area contributed by atoms with Crippen LogP contribution in [0, 0.1) is 5.92 Å². The molecule has 1 aliphatic heterocycles. The van der Waals surface area contributed by atoms with E-state index in [0.29, 0.717) is 23.4 Å². The number of piperidine rings is 1. The zero-order chi connectivity index (χ0) is 20.3. The number of nitrogens with zero attached hydrogens (tertiary/aromatic N) is 4. The molecule has 6 nitrogen and oxygen atoms in total. The fourth-order valence-electron chi connectivity index (χ4n) is 3.94. The minimum absolute atomic E-state index is 0.537. The van der Waals surface area contributed by atoms with Crippen LogP contribution < -0.4 is 10.6 Å². The van der Waals surface area contributed by atoms with E-state index in [0.717, 1.165) is 42.2 Å². The largest absolute Gasteiger partial charge is 0.349 e. The van der Waals surface area contributed by atoms with Gasteiger partial charge in [0.15, 0.2) is 5.65 Å². The van der Waals surface area contributed by atoms with Crippen LogP contribution in [0.4, 0.5) is 5.95 Å². The van der Waals surface area contributed by atoms with Crippen LogP contribution in [0.3, 0.4) is 0 Å². The van der Waals surface area contributed by atoms with E-state index in [9.17, 15) is 0 Å². The summed E-state index contributed by atoms with van der Waals surface area (Å²) in [6.45, 7) is 3.67. The van der Waals surface area contributed by atoms with Crippen LogP contribution in [0.15, 0.2) is 48.0 Å². The number of thiophene rings is 1. The maximum absolute atomic E-state index is 6.53. The van der Waals surface area contributed by atoms with Crippen LogP contribution in [0.2, 0.25) is 5.02 Å². The van der Waals surface area contributed by atoms with E-state index in [2.05, 4.69) is 37.7 Å². The van der Waals surface area contributed by atoms with Crippen LogP contribution in [-0.4, -0.2) is 32.6 Å². The first-order chi connectivity index (χ1) is 14.8. The first kappa shape index (κ1) is 19.5. The molecule has 0 radical (unpaired) electrons. The lowest BCUT2D eigenvalue weighted by molar-refractivity contribution is 0.341. The lowest BCUT2D eigenvalue weighted by Gasteiger charge is -2.24. The lowest BCUT2D eigenvalue weighted by Crippen LogP contribution is -2.32. The van der Waals surface area contributed by atoms with E-state index < -0.39 is 0 Å². The number of rotatable bonds is 6. The Morgan fingerprint density at radius 2 is 2.13 bits per heavy atom. The van der Waals surface area contributed by atoms with Crippen LogP contribution in [0.5, 0.6) is 0 Å². The van der Waals surface area contributed by atoms with E-state index in [-0.39, 0.29) is 0 Å². The smallest absolute Gasteiger partial charge is 0.225 e. The molecule has 30 heavy (non-hydrogen) atoms. The molecule has 0 aliphatic carbocycles. The van der Waals surface area contributed by atoms with Gasteiger partial charge in [-0.25, -0.2) is 9.97 Å². The zero-order valence-electron chi connectivity index (χ0n) is 16.5. The number of hydrogen-bond acceptors (Lipinski definition) is 6. The van der Waals surface area contributed by atoms with Crippen LogP contribution in [0.25, 0.3) is 22.6 Å². The molecule has 1 atom stereocenters. The minimum atomic E-state index is 0.537. The number of anilines is 1. The molecule has 0 unspecified atom stereocenters. The normalized spacial score (nSPS) is 16.8. The molecule has 0 saturated carbocycles. The third kappa shape index (κ3) is 4.05. The Morgan fingerprint density at radius 3 is 2.93 bits per heavy atom. The van der Waals surface area contributed by atoms with Gasteiger partial charge in [0.1, 0.15) is 11.3 Å². The van der Waals surface area contributed by atoms with Gasteiger partial charge in [-0.3, -0.25) is 0 Å². The molecule has 1 aliphatic rings. The van der Waals surface area contributed by atoms with Crippen molar-refractivity contribution in [2.75, 3.05) is 18.4 Å². The van der Waals surface area contributed by atoms with Crippen LogP contribution >= 0.6 is 22.9 Å². The molecule has 3 aromatic heterocycles. The fraction of sp³-hybridized carbons (Fsp3) is 0.318. The van der Waals surface area contributed by atoms with E-state index >= 15 is 0 Å². The number of halogens is 1. The van der Waals surface area contributed by atoms with Crippen molar-refractivity contribution in [2.45, 2.75) is 25.9 Å². The van der Waals surface area contributed by atoms with Crippen molar-refractivity contribution in [3.63, 3.8) is 0 Å². The molecule has 4 aromatic rings. The molecule has 2 N–H and O–H groups in total. The molecular weight excluding hydrogens is 416 g/mol. The van der Waals surface area contributed by atoms with Crippen molar-refractivity contribution in [1.29, 1.82) is 0 Å². The number of aromatic nitrogens is 4. The Kier molecular flexibility index (Phi) is 5.66. The topological polar surface area (TPSA) is 67.7 Å². The van der Waals surface area contributed by atoms with Crippen molar-refractivity contribution < 1.29 is 0 Å². The Morgan fingerprint density at radius 1 is 1.20 bits per heavy atom. The van der Waals surface area contributed by atoms with Gasteiger partial charge in [-0.1, -0.05) is 29.8 Å². The SMILES string of the molecule is Clc1ccccc1-c1nc2cnc(NCc3cccs3)nc2n1C[C@@H]1CCCNC1. The van der Waals surface area contributed by atoms with Crippen LogP contribution in [-0.2, 0) is 13.1 Å². The Hall–Kier alpha value is -2.48. The molecule has 1 aromatic carbocycles. The molecule has 1 fully saturated rings. The zero-order valence-corrected chi connectivity index (χ0v) is 18.1. The third-order valence-corrected chi connectivity index (χ3v) is 6.65. The molecule has 5 rings (SSSR count). The highest BCUT2D eigenvalue weighted by Crippen LogP contribution is 2.31. The van der Waals surface area contributed by atoms with Gasteiger partial charge in [-0.05, 0) is 55.4 Å². The third-order valence-electron chi connectivity index (χ3n) is 5.44. The molecule has 1 saturated heterocycles. The summed E-state index contributed by atoms with van der Waals surface area (Å²) in [7, 11) is 0. The standard InChI is InChI=1S/C22H23ClN6S/c23-18-8-2-1-7-17(18)20-27-19-13-26-22(25-12-16-6-4-10-30-16)28-21(19)29(20)14-15-5-3-9-24-11-15/h1-2,4,6-8,10,13,15,24H,3,5,9,11-12,14H2,(H,25,26,28)/t15-/m1/s1. The number of fused-ring (bicyclic) bond motifs is 1. The summed E-state index contributed by atoms with van der Waals surface area (Å²) in [5.41, 5.74) is 2.56. The van der Waals surface area contributed by atoms with Crippen LogP contribution in [0.1, 0.15) is 17.7 Å². The molecule has 0 spiro atoms. The number of benzene rings is 1. The molecule has 0 amide bonds. The number of nitrogens with one attached hydrogen (secondary N) is 2. The quantitative estimate of drug-likeness (QED) is 0.451. The second-order valence-corrected chi connectivity index (χ2v) is 9.01. The molecule has 154 valence electrons. The second-order valence-electron chi connectivity index (χ2n) is 7.57. The van der Waals surface area contributed by atoms with Gasteiger partial charge >= 0.3 is 0 Å². The van der Waals surface area contributed by atoms with Crippen molar-refractivity contribution in [2.24, 2.45) is 5.92 Å². The van der Waals surface area contributed by atoms with E-state index in [1.54, 1.807) is 17.5 Å². The Bertz CT molecular complexity index is 1130.